The molecular formula is C19H16N2O2. The highest BCUT2D eigenvalue weighted by Crippen LogP contribution is 2.28. The number of nitrogens with zero attached hydrogens (tertiary/aromatic N) is 2. The minimum absolute atomic E-state index is 0.213. The minimum atomic E-state index is -0.446. The third-order valence-electron chi connectivity index (χ3n) is 3.60. The van der Waals surface area contributed by atoms with Crippen LogP contribution in [0, 0.1) is 12.3 Å². The zero-order valence-electron chi connectivity index (χ0n) is 12.6. The number of carbonyl (C=O) groups is 1. The largest absolute Gasteiger partial charge is 0.444 e. The summed E-state index contributed by atoms with van der Waals surface area (Å²) in [5, 5.41) is 0. The predicted octanol–water partition coefficient (Wildman–Crippen LogP) is 3.64. The summed E-state index contributed by atoms with van der Waals surface area (Å²) < 4.78 is 5.45. The molecule has 1 atom stereocenters. The third kappa shape index (κ3) is 3.24. The molecule has 1 amide bonds. The number of anilines is 1. The van der Waals surface area contributed by atoms with Gasteiger partial charge in [0.05, 0.1) is 6.04 Å². The van der Waals surface area contributed by atoms with Crippen molar-refractivity contribution < 1.29 is 9.53 Å². The fourth-order valence-corrected chi connectivity index (χ4v) is 2.49. The lowest BCUT2D eigenvalue weighted by Crippen LogP contribution is -2.42. The Bertz CT molecular complexity index is 762. The molecule has 3 rings (SSSR count). The van der Waals surface area contributed by atoms with Gasteiger partial charge in [-0.25, -0.2) is 9.78 Å². The Balaban J connectivity index is 1.81. The highest BCUT2D eigenvalue weighted by molar-refractivity contribution is 5.92. The number of terminal acetylenes is 1. The summed E-state index contributed by atoms with van der Waals surface area (Å²) in [7, 11) is 0. The highest BCUT2D eigenvalue weighted by atomic mass is 16.6. The van der Waals surface area contributed by atoms with Gasteiger partial charge in [-0.15, -0.1) is 12.3 Å². The van der Waals surface area contributed by atoms with E-state index in [1.165, 1.54) is 4.90 Å². The molecule has 1 unspecified atom stereocenters. The van der Waals surface area contributed by atoms with Crippen LogP contribution in [0.3, 0.4) is 0 Å². The van der Waals surface area contributed by atoms with E-state index in [9.17, 15) is 4.79 Å². The number of benzene rings is 1. The van der Waals surface area contributed by atoms with Crippen LogP contribution in [0.25, 0.3) is 6.08 Å². The molecule has 0 bridgehead atoms. The van der Waals surface area contributed by atoms with Crippen molar-refractivity contribution in [3.63, 3.8) is 0 Å². The molecule has 1 aromatic carbocycles. The van der Waals surface area contributed by atoms with Gasteiger partial charge >= 0.3 is 6.09 Å². The van der Waals surface area contributed by atoms with Gasteiger partial charge in [0.2, 0.25) is 0 Å². The normalized spacial score (nSPS) is 15.6. The molecule has 4 nitrogen and oxygen atoms in total. The van der Waals surface area contributed by atoms with E-state index in [-0.39, 0.29) is 12.6 Å². The van der Waals surface area contributed by atoms with E-state index in [1.807, 2.05) is 54.6 Å². The van der Waals surface area contributed by atoms with E-state index in [1.54, 1.807) is 6.20 Å². The number of ether oxygens (including phenoxy) is 1. The number of aromatic nitrogens is 1. The van der Waals surface area contributed by atoms with E-state index in [0.717, 1.165) is 11.1 Å². The Labute approximate surface area is 135 Å². The standard InChI is InChI=1S/C19H16N2O2/c1-2-7-17-12-11-16-10-6-13-20-18(16)21(17)19(22)23-14-15-8-4-3-5-9-15/h1,3-6,8-13,17H,7,14H2. The number of amides is 1. The van der Waals surface area contributed by atoms with Gasteiger partial charge in [-0.3, -0.25) is 4.90 Å². The molecule has 0 N–H and O–H groups in total. The van der Waals surface area contributed by atoms with Crippen molar-refractivity contribution in [2.45, 2.75) is 19.1 Å². The van der Waals surface area contributed by atoms with Crippen molar-refractivity contribution in [1.82, 2.24) is 4.98 Å². The molecule has 2 heterocycles. The summed E-state index contributed by atoms with van der Waals surface area (Å²) in [6.45, 7) is 0.213. The Morgan fingerprint density at radius 3 is 2.87 bits per heavy atom. The van der Waals surface area contributed by atoms with E-state index in [0.29, 0.717) is 12.2 Å². The second-order valence-electron chi connectivity index (χ2n) is 5.16. The van der Waals surface area contributed by atoms with Crippen LogP contribution in [0.5, 0.6) is 0 Å². The first-order valence-corrected chi connectivity index (χ1v) is 7.36. The van der Waals surface area contributed by atoms with Gasteiger partial charge in [0.15, 0.2) is 0 Å². The molecule has 0 aliphatic carbocycles. The first-order valence-electron chi connectivity index (χ1n) is 7.36. The summed E-state index contributed by atoms with van der Waals surface area (Å²) in [6.07, 6.45) is 10.9. The molecule has 0 saturated carbocycles. The second-order valence-corrected chi connectivity index (χ2v) is 5.16. The van der Waals surface area contributed by atoms with Gasteiger partial charge in [-0.05, 0) is 17.7 Å². The van der Waals surface area contributed by atoms with Crippen LogP contribution in [0.15, 0.2) is 54.7 Å². The predicted molar refractivity (Wildman–Crippen MR) is 89.6 cm³/mol. The number of carbonyl (C=O) groups excluding carboxylic acids is 1. The van der Waals surface area contributed by atoms with Crippen molar-refractivity contribution in [2.24, 2.45) is 0 Å². The first kappa shape index (κ1) is 14.9. The molecule has 23 heavy (non-hydrogen) atoms. The lowest BCUT2D eigenvalue weighted by Gasteiger charge is -2.31. The third-order valence-corrected chi connectivity index (χ3v) is 3.60. The van der Waals surface area contributed by atoms with Crippen LogP contribution in [-0.4, -0.2) is 17.1 Å². The molecule has 0 fully saturated rings. The number of pyridine rings is 1. The summed E-state index contributed by atoms with van der Waals surface area (Å²) >= 11 is 0. The van der Waals surface area contributed by atoms with Crippen LogP contribution in [0.2, 0.25) is 0 Å². The fourth-order valence-electron chi connectivity index (χ4n) is 2.49. The molecule has 114 valence electrons. The summed E-state index contributed by atoms with van der Waals surface area (Å²) in [5.74, 6) is 3.18. The van der Waals surface area contributed by atoms with Crippen LogP contribution in [0.1, 0.15) is 17.5 Å². The van der Waals surface area contributed by atoms with Gasteiger partial charge in [0.25, 0.3) is 0 Å². The van der Waals surface area contributed by atoms with E-state index >= 15 is 0 Å². The van der Waals surface area contributed by atoms with Gasteiger partial charge < -0.3 is 4.74 Å². The fraction of sp³-hybridized carbons (Fsp3) is 0.158. The zero-order chi connectivity index (χ0) is 16.1. The molecular weight excluding hydrogens is 288 g/mol. The Morgan fingerprint density at radius 1 is 1.26 bits per heavy atom. The zero-order valence-corrected chi connectivity index (χ0v) is 12.6. The Hall–Kier alpha value is -3.06. The van der Waals surface area contributed by atoms with Crippen molar-refractivity contribution in [3.05, 3.63) is 65.9 Å². The van der Waals surface area contributed by atoms with E-state index in [2.05, 4.69) is 10.9 Å². The number of hydrogen-bond acceptors (Lipinski definition) is 3. The van der Waals surface area contributed by atoms with Gasteiger partial charge in [0, 0.05) is 18.2 Å². The number of hydrogen-bond donors (Lipinski definition) is 0. The number of rotatable bonds is 3. The van der Waals surface area contributed by atoms with Gasteiger partial charge in [0.1, 0.15) is 12.4 Å². The Kier molecular flexibility index (Phi) is 4.39. The molecule has 0 radical (unpaired) electrons. The Morgan fingerprint density at radius 2 is 2.09 bits per heavy atom. The number of fused-ring (bicyclic) bond motifs is 1. The van der Waals surface area contributed by atoms with Crippen molar-refractivity contribution in [3.8, 4) is 12.3 Å². The van der Waals surface area contributed by atoms with Crippen LogP contribution in [0.4, 0.5) is 10.6 Å². The van der Waals surface area contributed by atoms with Crippen LogP contribution in [-0.2, 0) is 11.3 Å². The molecule has 0 spiro atoms. The summed E-state index contributed by atoms with van der Waals surface area (Å²) in [6, 6.07) is 13.0. The van der Waals surface area contributed by atoms with Gasteiger partial charge in [-0.2, -0.15) is 0 Å². The van der Waals surface area contributed by atoms with E-state index < -0.39 is 6.09 Å². The van der Waals surface area contributed by atoms with Crippen molar-refractivity contribution in [1.29, 1.82) is 0 Å². The van der Waals surface area contributed by atoms with Crippen molar-refractivity contribution >= 4 is 18.0 Å². The summed E-state index contributed by atoms with van der Waals surface area (Å²) in [5.41, 5.74) is 1.81. The smallest absolute Gasteiger partial charge is 0.416 e. The minimum Gasteiger partial charge on any atom is -0.444 e. The average Bonchev–Trinajstić information content (AvgIpc) is 2.60. The second kappa shape index (κ2) is 6.80. The maximum atomic E-state index is 12.6. The lowest BCUT2D eigenvalue weighted by molar-refractivity contribution is 0.145. The highest BCUT2D eigenvalue weighted by Gasteiger charge is 2.29. The molecule has 0 saturated heterocycles. The first-order chi connectivity index (χ1) is 11.3. The van der Waals surface area contributed by atoms with Crippen LogP contribution < -0.4 is 4.90 Å². The average molecular weight is 304 g/mol. The molecule has 4 heteroatoms. The molecule has 1 aliphatic rings. The quantitative estimate of drug-likeness (QED) is 0.813. The molecule has 1 aliphatic heterocycles. The molecule has 1 aromatic heterocycles. The maximum absolute atomic E-state index is 12.6. The van der Waals surface area contributed by atoms with Gasteiger partial charge in [-0.1, -0.05) is 42.5 Å². The monoisotopic (exact) mass is 304 g/mol. The SMILES string of the molecule is C#CCC1C=Cc2cccnc2N1C(=O)OCc1ccccc1. The molecule has 2 aromatic rings. The lowest BCUT2D eigenvalue weighted by atomic mass is 10.0. The summed E-state index contributed by atoms with van der Waals surface area (Å²) in [4.78, 5) is 18.4. The maximum Gasteiger partial charge on any atom is 0.416 e. The van der Waals surface area contributed by atoms with Crippen LogP contribution >= 0.6 is 0 Å². The van der Waals surface area contributed by atoms with E-state index in [4.69, 9.17) is 11.2 Å². The topological polar surface area (TPSA) is 42.4 Å². The van der Waals surface area contributed by atoms with Crippen molar-refractivity contribution in [2.75, 3.05) is 4.90 Å².